The number of nitrogens with one attached hydrogen (secondary N) is 1. The summed E-state index contributed by atoms with van der Waals surface area (Å²) in [6.45, 7) is 2.24. The molecule has 0 aliphatic rings. The average molecular weight is 641 g/mol. The fraction of sp³-hybridized carbons (Fsp3) is 0.226. The first-order chi connectivity index (χ1) is 19.7. The van der Waals surface area contributed by atoms with Crippen LogP contribution in [0.2, 0.25) is 15.1 Å². The molecule has 6 nitrogen and oxygen atoms in total. The standard InChI is InChI=1S/C31H28Cl3NO5S.Li.H/c1-18-5-3-4-6-22(18)24-15-19(7-12-23(24)30(36)35-25(31(37)38)13-14-41-2)16-39-17-26-27(33)28(34)29(40-26)20-8-10-21(32)11-9-20;;/h3-12,15,25H,13-14,16-17H2,1-2H3,(H,35,36)(H,37,38);;/t25-;;/m0../s1. The van der Waals surface area contributed by atoms with E-state index in [4.69, 9.17) is 44.0 Å². The summed E-state index contributed by atoms with van der Waals surface area (Å²) in [5.41, 5.74) is 4.45. The van der Waals surface area contributed by atoms with Gasteiger partial charge in [-0.05, 0) is 84.0 Å². The number of amides is 1. The van der Waals surface area contributed by atoms with Crippen LogP contribution in [0.1, 0.15) is 33.7 Å². The van der Waals surface area contributed by atoms with Crippen molar-refractivity contribution in [3.05, 3.63) is 104 Å². The summed E-state index contributed by atoms with van der Waals surface area (Å²) >= 11 is 20.4. The Labute approximate surface area is 276 Å². The molecule has 1 heterocycles. The van der Waals surface area contributed by atoms with Gasteiger partial charge in [0, 0.05) is 16.1 Å². The van der Waals surface area contributed by atoms with Gasteiger partial charge in [-0.25, -0.2) is 4.79 Å². The van der Waals surface area contributed by atoms with Crippen molar-refractivity contribution in [1.82, 2.24) is 5.32 Å². The van der Waals surface area contributed by atoms with E-state index in [2.05, 4.69) is 5.32 Å². The van der Waals surface area contributed by atoms with Crippen molar-refractivity contribution < 1.29 is 23.8 Å². The summed E-state index contributed by atoms with van der Waals surface area (Å²) in [5.74, 6) is -0.0747. The molecular formula is C31H29Cl3LiNO5S. The summed E-state index contributed by atoms with van der Waals surface area (Å²) in [4.78, 5) is 25.0. The van der Waals surface area contributed by atoms with E-state index in [-0.39, 0.29) is 37.1 Å². The second-order valence-electron chi connectivity index (χ2n) is 9.32. The SMILES string of the molecule is CSCC[C@H](NC(=O)c1ccc(COCc2oc(-c3ccc(Cl)cc3)c(Cl)c2Cl)cc1-c1ccccc1C)C(=O)O.[LiH]. The number of carboxylic acids is 1. The first-order valence-electron chi connectivity index (χ1n) is 12.7. The topological polar surface area (TPSA) is 88.8 Å². The molecule has 0 unspecified atom stereocenters. The second kappa shape index (κ2) is 15.9. The van der Waals surface area contributed by atoms with E-state index in [0.29, 0.717) is 44.9 Å². The fourth-order valence-electron chi connectivity index (χ4n) is 4.28. The Morgan fingerprint density at radius 2 is 1.69 bits per heavy atom. The van der Waals surface area contributed by atoms with Gasteiger partial charge < -0.3 is 19.6 Å². The van der Waals surface area contributed by atoms with E-state index in [1.165, 1.54) is 11.8 Å². The molecule has 1 atom stereocenters. The van der Waals surface area contributed by atoms with Gasteiger partial charge in [0.25, 0.3) is 5.91 Å². The molecule has 0 fully saturated rings. The molecule has 2 N–H and O–H groups in total. The zero-order chi connectivity index (χ0) is 29.5. The molecule has 1 aromatic heterocycles. The molecule has 0 aliphatic heterocycles. The number of hydrogen-bond acceptors (Lipinski definition) is 5. The maximum absolute atomic E-state index is 13.3. The Morgan fingerprint density at radius 1 is 0.976 bits per heavy atom. The van der Waals surface area contributed by atoms with Crippen molar-refractivity contribution in [1.29, 1.82) is 0 Å². The Balaban J connectivity index is 0.00000484. The van der Waals surface area contributed by atoms with Gasteiger partial charge in [-0.15, -0.1) is 0 Å². The van der Waals surface area contributed by atoms with Gasteiger partial charge in [0.05, 0.1) is 6.61 Å². The summed E-state index contributed by atoms with van der Waals surface area (Å²) in [7, 11) is 0. The maximum atomic E-state index is 13.3. The van der Waals surface area contributed by atoms with Crippen LogP contribution in [-0.2, 0) is 22.7 Å². The number of aliphatic carboxylic acids is 1. The molecule has 0 bridgehead atoms. The van der Waals surface area contributed by atoms with Gasteiger partial charge in [-0.1, -0.05) is 65.1 Å². The van der Waals surface area contributed by atoms with Crippen LogP contribution in [0.25, 0.3) is 22.5 Å². The Hall–Kier alpha value is -2.34. The molecule has 216 valence electrons. The molecule has 4 aromatic rings. The van der Waals surface area contributed by atoms with E-state index >= 15 is 0 Å². The number of ether oxygens (including phenoxy) is 1. The number of thioether (sulfide) groups is 1. The number of furan rings is 1. The van der Waals surface area contributed by atoms with Crippen LogP contribution in [0.3, 0.4) is 0 Å². The van der Waals surface area contributed by atoms with Crippen LogP contribution >= 0.6 is 46.6 Å². The van der Waals surface area contributed by atoms with Crippen molar-refractivity contribution in [2.45, 2.75) is 32.6 Å². The van der Waals surface area contributed by atoms with Gasteiger partial charge >= 0.3 is 24.8 Å². The van der Waals surface area contributed by atoms with Crippen LogP contribution in [0.4, 0.5) is 0 Å². The fourth-order valence-corrected chi connectivity index (χ4v) is 5.31. The Bertz CT molecular complexity index is 1540. The molecule has 1 amide bonds. The third kappa shape index (κ3) is 8.39. The van der Waals surface area contributed by atoms with Crippen LogP contribution < -0.4 is 5.32 Å². The summed E-state index contributed by atoms with van der Waals surface area (Å²) in [6, 6.07) is 19.1. The molecule has 4 rings (SSSR count). The van der Waals surface area contributed by atoms with E-state index in [1.54, 1.807) is 36.4 Å². The molecule has 42 heavy (non-hydrogen) atoms. The first-order valence-corrected chi connectivity index (χ1v) is 15.2. The first kappa shape index (κ1) is 34.2. The van der Waals surface area contributed by atoms with Crippen molar-refractivity contribution in [2.24, 2.45) is 0 Å². The van der Waals surface area contributed by atoms with Gasteiger partial charge in [0.15, 0.2) is 11.5 Å². The molecule has 3 aromatic carbocycles. The summed E-state index contributed by atoms with van der Waals surface area (Å²) in [5, 5.41) is 13.5. The number of carbonyl (C=O) groups excluding carboxylic acids is 1. The Kier molecular flexibility index (Phi) is 13.0. The summed E-state index contributed by atoms with van der Waals surface area (Å²) in [6.07, 6.45) is 2.22. The van der Waals surface area contributed by atoms with E-state index in [0.717, 1.165) is 22.3 Å². The van der Waals surface area contributed by atoms with E-state index in [1.807, 2.05) is 43.5 Å². The number of aryl methyl sites for hydroxylation is 1. The third-order valence-corrected chi connectivity index (χ3v) is 8.20. The average Bonchev–Trinajstić information content (AvgIpc) is 3.24. The summed E-state index contributed by atoms with van der Waals surface area (Å²) < 4.78 is 11.9. The second-order valence-corrected chi connectivity index (χ2v) is 11.5. The molecule has 0 saturated heterocycles. The van der Waals surface area contributed by atoms with E-state index < -0.39 is 17.9 Å². The monoisotopic (exact) mass is 639 g/mol. The Morgan fingerprint density at radius 3 is 2.36 bits per heavy atom. The molecule has 0 radical (unpaired) electrons. The molecule has 0 saturated carbocycles. The van der Waals surface area contributed by atoms with Crippen molar-refractivity contribution in [2.75, 3.05) is 12.0 Å². The van der Waals surface area contributed by atoms with Crippen LogP contribution in [0.15, 0.2) is 71.1 Å². The van der Waals surface area contributed by atoms with Crippen LogP contribution in [0, 0.1) is 6.92 Å². The predicted octanol–water partition coefficient (Wildman–Crippen LogP) is 7.89. The van der Waals surface area contributed by atoms with Crippen molar-refractivity contribution >= 4 is 77.3 Å². The molecular weight excluding hydrogens is 612 g/mol. The van der Waals surface area contributed by atoms with Crippen molar-refractivity contribution in [3.8, 4) is 22.5 Å². The van der Waals surface area contributed by atoms with Gasteiger partial charge in [-0.2, -0.15) is 11.8 Å². The van der Waals surface area contributed by atoms with Gasteiger partial charge in [0.1, 0.15) is 22.7 Å². The normalized spacial score (nSPS) is 11.5. The number of carbonyl (C=O) groups is 2. The predicted molar refractivity (Wildman–Crippen MR) is 173 cm³/mol. The van der Waals surface area contributed by atoms with Crippen molar-refractivity contribution in [3.63, 3.8) is 0 Å². The number of benzene rings is 3. The quantitative estimate of drug-likeness (QED) is 0.153. The van der Waals surface area contributed by atoms with Crippen LogP contribution in [-0.4, -0.2) is 53.9 Å². The number of hydrogen-bond donors (Lipinski definition) is 2. The minimum atomic E-state index is -1.06. The zero-order valence-electron chi connectivity index (χ0n) is 22.4. The van der Waals surface area contributed by atoms with Gasteiger partial charge in [-0.3, -0.25) is 4.79 Å². The zero-order valence-corrected chi connectivity index (χ0v) is 25.5. The number of halogens is 3. The third-order valence-electron chi connectivity index (χ3n) is 6.45. The molecule has 0 spiro atoms. The van der Waals surface area contributed by atoms with Crippen LogP contribution in [0.5, 0.6) is 0 Å². The van der Waals surface area contributed by atoms with E-state index in [9.17, 15) is 14.7 Å². The number of carboxylic acid groups (broad SMARTS) is 1. The van der Waals surface area contributed by atoms with Gasteiger partial charge in [0.2, 0.25) is 0 Å². The molecule has 0 aliphatic carbocycles. The minimum absolute atomic E-state index is 0. The molecule has 11 heteroatoms. The number of rotatable bonds is 12.